The molecule has 1 atom stereocenters. The summed E-state index contributed by atoms with van der Waals surface area (Å²) in [5.41, 5.74) is 7.26. The fourth-order valence-electron chi connectivity index (χ4n) is 1.78. The highest BCUT2D eigenvalue weighted by Gasteiger charge is 2.14. The van der Waals surface area contributed by atoms with Crippen LogP contribution in [0.3, 0.4) is 0 Å². The Morgan fingerprint density at radius 2 is 1.61 bits per heavy atom. The smallest absolute Gasteiger partial charge is 0.137 e. The number of halogens is 1. The highest BCUT2D eigenvalue weighted by molar-refractivity contribution is 9.10. The molecule has 1 aromatic carbocycles. The molecule has 0 amide bonds. The van der Waals surface area contributed by atoms with Crippen molar-refractivity contribution in [3.8, 4) is 11.5 Å². The molecule has 0 aliphatic heterocycles. The Morgan fingerprint density at radius 3 is 2.00 bits per heavy atom. The summed E-state index contributed by atoms with van der Waals surface area (Å²) in [6.45, 7) is 4.41. The van der Waals surface area contributed by atoms with E-state index in [0.29, 0.717) is 5.92 Å². The monoisotopic (exact) mass is 315 g/mol. The molecule has 0 aromatic heterocycles. The van der Waals surface area contributed by atoms with Crippen molar-refractivity contribution in [1.29, 1.82) is 0 Å². The lowest BCUT2D eigenvalue weighted by Crippen LogP contribution is -2.11. The molecule has 1 rings (SSSR count). The van der Waals surface area contributed by atoms with Crippen molar-refractivity contribution in [3.63, 3.8) is 0 Å². The Hall–Kier alpha value is -0.740. The van der Waals surface area contributed by atoms with Gasteiger partial charge in [-0.05, 0) is 52.4 Å². The van der Waals surface area contributed by atoms with Crippen LogP contribution in [0.1, 0.15) is 38.3 Å². The van der Waals surface area contributed by atoms with Gasteiger partial charge >= 0.3 is 0 Å². The molecule has 3 nitrogen and oxygen atoms in total. The Bertz CT molecular complexity index is 368. The lowest BCUT2D eigenvalue weighted by Gasteiger charge is -2.17. The molecular formula is C14H22BrNO2. The summed E-state index contributed by atoms with van der Waals surface area (Å²) in [6.07, 6.45) is 2.08. The van der Waals surface area contributed by atoms with Gasteiger partial charge in [0, 0.05) is 6.04 Å². The Labute approximate surface area is 118 Å². The molecule has 0 spiro atoms. The Kier molecular flexibility index (Phi) is 5.96. The standard InChI is InChI=1S/C14H22BrNO2/c1-9(2)5-6-11(16)10-7-12(17-3)14(15)13(8-10)18-4/h7-9,11H,5-6,16H2,1-4H3/t11-/m0/s1. The van der Waals surface area contributed by atoms with Crippen molar-refractivity contribution >= 4 is 15.9 Å². The first-order valence-electron chi connectivity index (χ1n) is 6.16. The first-order chi connectivity index (χ1) is 8.49. The minimum atomic E-state index is 0.0169. The van der Waals surface area contributed by atoms with E-state index in [4.69, 9.17) is 15.2 Å². The molecular weight excluding hydrogens is 294 g/mol. The molecule has 0 radical (unpaired) electrons. The van der Waals surface area contributed by atoms with Gasteiger partial charge in [-0.25, -0.2) is 0 Å². The van der Waals surface area contributed by atoms with Gasteiger partial charge in [0.1, 0.15) is 16.0 Å². The molecule has 0 saturated carbocycles. The maximum atomic E-state index is 6.21. The maximum absolute atomic E-state index is 6.21. The molecule has 0 bridgehead atoms. The highest BCUT2D eigenvalue weighted by atomic mass is 79.9. The molecule has 0 heterocycles. The molecule has 0 saturated heterocycles. The topological polar surface area (TPSA) is 44.5 Å². The van der Waals surface area contributed by atoms with Crippen LogP contribution in [0, 0.1) is 5.92 Å². The second-order valence-electron chi connectivity index (χ2n) is 4.82. The van der Waals surface area contributed by atoms with Crippen LogP contribution >= 0.6 is 15.9 Å². The van der Waals surface area contributed by atoms with Gasteiger partial charge in [-0.1, -0.05) is 13.8 Å². The van der Waals surface area contributed by atoms with Gasteiger partial charge in [0.05, 0.1) is 14.2 Å². The lowest BCUT2D eigenvalue weighted by molar-refractivity contribution is 0.387. The Morgan fingerprint density at radius 1 is 1.11 bits per heavy atom. The number of hydrogen-bond acceptors (Lipinski definition) is 3. The Balaban J connectivity index is 2.94. The van der Waals surface area contributed by atoms with Gasteiger partial charge in [-0.2, -0.15) is 0 Å². The third kappa shape index (κ3) is 3.89. The number of nitrogens with two attached hydrogens (primary N) is 1. The zero-order valence-corrected chi connectivity index (χ0v) is 13.1. The van der Waals surface area contributed by atoms with Gasteiger partial charge in [0.15, 0.2) is 0 Å². The van der Waals surface area contributed by atoms with Crippen LogP contribution in [-0.4, -0.2) is 14.2 Å². The van der Waals surface area contributed by atoms with E-state index in [1.165, 1.54) is 0 Å². The average molecular weight is 316 g/mol. The van der Waals surface area contributed by atoms with Gasteiger partial charge < -0.3 is 15.2 Å². The summed E-state index contributed by atoms with van der Waals surface area (Å²) in [5, 5.41) is 0. The SMILES string of the molecule is COc1cc([C@@H](N)CCC(C)C)cc(OC)c1Br. The predicted molar refractivity (Wildman–Crippen MR) is 78.2 cm³/mol. The lowest BCUT2D eigenvalue weighted by atomic mass is 9.98. The predicted octanol–water partition coefficient (Wildman–Crippen LogP) is 3.90. The van der Waals surface area contributed by atoms with Crippen LogP contribution in [0.5, 0.6) is 11.5 Å². The highest BCUT2D eigenvalue weighted by Crippen LogP contribution is 2.37. The van der Waals surface area contributed by atoms with E-state index >= 15 is 0 Å². The zero-order valence-electron chi connectivity index (χ0n) is 11.5. The second-order valence-corrected chi connectivity index (χ2v) is 5.61. The van der Waals surface area contributed by atoms with Gasteiger partial charge in [0.25, 0.3) is 0 Å². The van der Waals surface area contributed by atoms with Gasteiger partial charge in [-0.3, -0.25) is 0 Å². The summed E-state index contributed by atoms with van der Waals surface area (Å²) in [7, 11) is 3.28. The first-order valence-corrected chi connectivity index (χ1v) is 6.95. The van der Waals surface area contributed by atoms with Crippen molar-refractivity contribution in [2.45, 2.75) is 32.7 Å². The van der Waals surface area contributed by atoms with E-state index in [2.05, 4.69) is 29.8 Å². The number of hydrogen-bond donors (Lipinski definition) is 1. The van der Waals surface area contributed by atoms with Crippen LogP contribution in [0.4, 0.5) is 0 Å². The van der Waals surface area contributed by atoms with E-state index in [-0.39, 0.29) is 6.04 Å². The molecule has 0 aliphatic rings. The van der Waals surface area contributed by atoms with Crippen molar-refractivity contribution in [3.05, 3.63) is 22.2 Å². The summed E-state index contributed by atoms with van der Waals surface area (Å²) in [5.74, 6) is 2.17. The average Bonchev–Trinajstić information content (AvgIpc) is 2.36. The summed E-state index contributed by atoms with van der Waals surface area (Å²) < 4.78 is 11.5. The number of ether oxygens (including phenoxy) is 2. The van der Waals surface area contributed by atoms with Gasteiger partial charge in [0.2, 0.25) is 0 Å². The number of rotatable bonds is 6. The summed E-state index contributed by atoms with van der Waals surface area (Å²) >= 11 is 3.46. The van der Waals surface area contributed by atoms with Crippen molar-refractivity contribution in [2.75, 3.05) is 14.2 Å². The van der Waals surface area contributed by atoms with Crippen LogP contribution in [-0.2, 0) is 0 Å². The molecule has 1 aromatic rings. The second kappa shape index (κ2) is 7.00. The minimum absolute atomic E-state index is 0.0169. The van der Waals surface area contributed by atoms with Crippen molar-refractivity contribution in [2.24, 2.45) is 11.7 Å². The molecule has 0 unspecified atom stereocenters. The largest absolute Gasteiger partial charge is 0.495 e. The van der Waals surface area contributed by atoms with Crippen molar-refractivity contribution < 1.29 is 9.47 Å². The third-order valence-corrected chi connectivity index (χ3v) is 3.73. The van der Waals surface area contributed by atoms with E-state index in [9.17, 15) is 0 Å². The molecule has 0 fully saturated rings. The van der Waals surface area contributed by atoms with Crippen molar-refractivity contribution in [1.82, 2.24) is 0 Å². The molecule has 18 heavy (non-hydrogen) atoms. The molecule has 4 heteroatoms. The summed E-state index contributed by atoms with van der Waals surface area (Å²) in [6, 6.07) is 3.96. The van der Waals surface area contributed by atoms with Crippen LogP contribution < -0.4 is 15.2 Å². The minimum Gasteiger partial charge on any atom is -0.495 e. The quantitative estimate of drug-likeness (QED) is 0.865. The van der Waals surface area contributed by atoms with Crippen LogP contribution in [0.25, 0.3) is 0 Å². The molecule has 102 valence electrons. The van der Waals surface area contributed by atoms with Crippen LogP contribution in [0.15, 0.2) is 16.6 Å². The number of benzene rings is 1. The first kappa shape index (κ1) is 15.3. The van der Waals surface area contributed by atoms with E-state index in [1.807, 2.05) is 12.1 Å². The fraction of sp³-hybridized carbons (Fsp3) is 0.571. The normalized spacial score (nSPS) is 12.6. The zero-order chi connectivity index (χ0) is 13.7. The fourth-order valence-corrected chi connectivity index (χ4v) is 2.34. The van der Waals surface area contributed by atoms with E-state index in [0.717, 1.165) is 34.4 Å². The molecule has 2 N–H and O–H groups in total. The van der Waals surface area contributed by atoms with E-state index in [1.54, 1.807) is 14.2 Å². The summed E-state index contributed by atoms with van der Waals surface area (Å²) in [4.78, 5) is 0. The van der Waals surface area contributed by atoms with Gasteiger partial charge in [-0.15, -0.1) is 0 Å². The van der Waals surface area contributed by atoms with Crippen LogP contribution in [0.2, 0.25) is 0 Å². The third-order valence-electron chi connectivity index (χ3n) is 2.95. The number of methoxy groups -OCH3 is 2. The maximum Gasteiger partial charge on any atom is 0.137 e. The molecule has 0 aliphatic carbocycles. The van der Waals surface area contributed by atoms with E-state index < -0.39 is 0 Å².